The molecule has 0 bridgehead atoms. The molecule has 1 N–H and O–H groups in total. The highest BCUT2D eigenvalue weighted by atomic mass is 16.6. The molecule has 174 valence electrons. The molecule has 33 heavy (non-hydrogen) atoms. The third-order valence-corrected chi connectivity index (χ3v) is 4.88. The maximum atomic E-state index is 13.2. The van der Waals surface area contributed by atoms with Crippen molar-refractivity contribution in [3.63, 3.8) is 0 Å². The lowest BCUT2D eigenvalue weighted by atomic mass is 9.85. The van der Waals surface area contributed by atoms with Crippen LogP contribution in [0.5, 0.6) is 0 Å². The largest absolute Gasteiger partial charge is 0.466 e. The van der Waals surface area contributed by atoms with Crippen molar-refractivity contribution in [3.05, 3.63) is 87.5 Å². The summed E-state index contributed by atoms with van der Waals surface area (Å²) in [6.45, 7) is 3.45. The van der Waals surface area contributed by atoms with E-state index in [1.54, 1.807) is 32.1 Å². The topological polar surface area (TPSA) is 122 Å². The molecule has 2 rings (SSSR count). The Morgan fingerprint density at radius 1 is 1.06 bits per heavy atom. The van der Waals surface area contributed by atoms with Crippen molar-refractivity contribution < 1.29 is 24.0 Å². The molecule has 0 saturated heterocycles. The molecule has 0 aliphatic carbocycles. The highest BCUT2D eigenvalue weighted by molar-refractivity contribution is 6.07. The first-order chi connectivity index (χ1) is 15.7. The quantitative estimate of drug-likeness (QED) is 0.382. The van der Waals surface area contributed by atoms with Crippen molar-refractivity contribution in [3.8, 4) is 0 Å². The van der Waals surface area contributed by atoms with Crippen LogP contribution in [0.25, 0.3) is 0 Å². The molecule has 1 aromatic carbocycles. The zero-order valence-corrected chi connectivity index (χ0v) is 19.1. The molecular formula is C23H26N4O6. The first kappa shape index (κ1) is 25.1. The van der Waals surface area contributed by atoms with Gasteiger partial charge in [-0.3, -0.25) is 19.7 Å². The van der Waals surface area contributed by atoms with Gasteiger partial charge in [-0.15, -0.1) is 0 Å². The number of nitrogens with one attached hydrogen (secondary N) is 1. The molecule has 1 heterocycles. The summed E-state index contributed by atoms with van der Waals surface area (Å²) < 4.78 is 4.91. The number of methoxy groups -OCH3 is 1. The monoisotopic (exact) mass is 454 g/mol. The summed E-state index contributed by atoms with van der Waals surface area (Å²) in [5, 5.41) is 14.5. The second-order valence-corrected chi connectivity index (χ2v) is 7.08. The number of benzene rings is 1. The molecule has 2 amide bonds. The number of ether oxygens (including phenoxy) is 1. The summed E-state index contributed by atoms with van der Waals surface area (Å²) in [6.07, 6.45) is 7.68. The van der Waals surface area contributed by atoms with Crippen molar-refractivity contribution >= 4 is 23.5 Å². The number of para-hydroxylation sites is 1. The molecule has 0 spiro atoms. The lowest BCUT2D eigenvalue weighted by Gasteiger charge is -2.29. The van der Waals surface area contributed by atoms with E-state index >= 15 is 0 Å². The van der Waals surface area contributed by atoms with E-state index in [2.05, 4.69) is 5.32 Å². The first-order valence-corrected chi connectivity index (χ1v) is 10.0. The molecular weight excluding hydrogens is 428 g/mol. The number of nitro groups is 1. The van der Waals surface area contributed by atoms with E-state index in [1.807, 2.05) is 0 Å². The van der Waals surface area contributed by atoms with Crippen LogP contribution in [0, 0.1) is 10.1 Å². The Morgan fingerprint density at radius 2 is 1.64 bits per heavy atom. The lowest BCUT2D eigenvalue weighted by Crippen LogP contribution is -2.40. The van der Waals surface area contributed by atoms with E-state index in [9.17, 15) is 24.5 Å². The van der Waals surface area contributed by atoms with Gasteiger partial charge in [0.1, 0.15) is 11.4 Å². The number of amides is 2. The highest BCUT2D eigenvalue weighted by Crippen LogP contribution is 2.38. The Balaban J connectivity index is 2.83. The summed E-state index contributed by atoms with van der Waals surface area (Å²) in [5.41, 5.74) is -0.473. The van der Waals surface area contributed by atoms with Crippen LogP contribution in [0.15, 0.2) is 71.9 Å². The average molecular weight is 454 g/mol. The van der Waals surface area contributed by atoms with Crippen molar-refractivity contribution in [1.29, 1.82) is 0 Å². The molecule has 1 aliphatic heterocycles. The molecule has 1 atom stereocenters. The molecule has 0 fully saturated rings. The van der Waals surface area contributed by atoms with Crippen LogP contribution in [0.1, 0.15) is 25.3 Å². The summed E-state index contributed by atoms with van der Waals surface area (Å²) >= 11 is 0. The Morgan fingerprint density at radius 3 is 2.18 bits per heavy atom. The Bertz CT molecular complexity index is 1090. The highest BCUT2D eigenvalue weighted by Gasteiger charge is 2.38. The van der Waals surface area contributed by atoms with Gasteiger partial charge in [0.2, 0.25) is 0 Å². The van der Waals surface area contributed by atoms with Crippen LogP contribution >= 0.6 is 0 Å². The number of carbonyl (C=O) groups is 3. The Hall–Kier alpha value is -4.21. The van der Waals surface area contributed by atoms with Crippen molar-refractivity contribution in [1.82, 2.24) is 15.1 Å². The standard InChI is InChI=1S/C23H26N4O6/c1-6-12-25(3)21(28)17-14-16(15-10-8-9-11-18(15)27(31)32)19(23(30)33-5)20(24-17)22(29)26(4)13-7-2/h6-14,16,24H,1-5H3. The van der Waals surface area contributed by atoms with Gasteiger partial charge in [0.15, 0.2) is 0 Å². The average Bonchev–Trinajstić information content (AvgIpc) is 2.81. The molecule has 1 aromatic rings. The molecule has 1 aliphatic rings. The third-order valence-electron chi connectivity index (χ3n) is 4.88. The van der Waals surface area contributed by atoms with Crippen LogP contribution in [0.3, 0.4) is 0 Å². The van der Waals surface area contributed by atoms with Crippen molar-refractivity contribution in [2.45, 2.75) is 19.8 Å². The molecule has 0 aromatic heterocycles. The van der Waals surface area contributed by atoms with Crippen molar-refractivity contribution in [2.24, 2.45) is 0 Å². The number of hydrogen-bond acceptors (Lipinski definition) is 7. The minimum absolute atomic E-state index is 0.0105. The van der Waals surface area contributed by atoms with Crippen LogP contribution in [-0.4, -0.2) is 53.7 Å². The second-order valence-electron chi connectivity index (χ2n) is 7.08. The maximum Gasteiger partial charge on any atom is 0.337 e. The van der Waals surface area contributed by atoms with Gasteiger partial charge in [0, 0.05) is 44.0 Å². The molecule has 1 unspecified atom stereocenters. The molecule has 0 saturated carbocycles. The number of nitro benzene ring substituents is 1. The van der Waals surface area contributed by atoms with E-state index in [0.717, 1.165) is 7.11 Å². The van der Waals surface area contributed by atoms with Gasteiger partial charge in [-0.1, -0.05) is 30.4 Å². The summed E-state index contributed by atoms with van der Waals surface area (Å²) in [6, 6.07) is 5.84. The number of rotatable bonds is 7. The number of allylic oxidation sites excluding steroid dienone is 3. The fourth-order valence-corrected chi connectivity index (χ4v) is 3.39. The van der Waals surface area contributed by atoms with Gasteiger partial charge in [0.25, 0.3) is 17.5 Å². The van der Waals surface area contributed by atoms with Crippen LogP contribution in [0.4, 0.5) is 5.69 Å². The summed E-state index contributed by atoms with van der Waals surface area (Å²) in [4.78, 5) is 52.7. The van der Waals surface area contributed by atoms with E-state index in [0.29, 0.717) is 0 Å². The van der Waals surface area contributed by atoms with Gasteiger partial charge in [-0.05, 0) is 19.9 Å². The molecule has 10 heteroatoms. The van der Waals surface area contributed by atoms with Crippen molar-refractivity contribution in [2.75, 3.05) is 21.2 Å². The normalized spacial score (nSPS) is 15.8. The minimum Gasteiger partial charge on any atom is -0.466 e. The number of hydrogen-bond donors (Lipinski definition) is 1. The van der Waals surface area contributed by atoms with Gasteiger partial charge in [0.05, 0.1) is 17.6 Å². The van der Waals surface area contributed by atoms with E-state index in [4.69, 9.17) is 4.74 Å². The second kappa shape index (κ2) is 10.9. The lowest BCUT2D eigenvalue weighted by molar-refractivity contribution is -0.385. The molecule has 0 radical (unpaired) electrons. The Kier molecular flexibility index (Phi) is 8.27. The van der Waals surface area contributed by atoms with Crippen LogP contribution < -0.4 is 5.32 Å². The number of carbonyl (C=O) groups excluding carboxylic acids is 3. The Labute approximate surface area is 191 Å². The van der Waals surface area contributed by atoms with E-state index in [1.165, 1.54) is 60.6 Å². The fraction of sp³-hybridized carbons (Fsp3) is 0.261. The predicted molar refractivity (Wildman–Crippen MR) is 121 cm³/mol. The summed E-state index contributed by atoms with van der Waals surface area (Å²) in [7, 11) is 4.16. The van der Waals surface area contributed by atoms with E-state index < -0.39 is 28.6 Å². The van der Waals surface area contributed by atoms with Gasteiger partial charge in [-0.25, -0.2) is 4.79 Å². The van der Waals surface area contributed by atoms with Gasteiger partial charge in [-0.2, -0.15) is 0 Å². The maximum absolute atomic E-state index is 13.2. The predicted octanol–water partition coefficient (Wildman–Crippen LogP) is 2.58. The zero-order chi connectivity index (χ0) is 24.7. The van der Waals surface area contributed by atoms with Gasteiger partial charge < -0.3 is 19.9 Å². The van der Waals surface area contributed by atoms with Crippen LogP contribution in [-0.2, 0) is 19.1 Å². The third kappa shape index (κ3) is 5.35. The number of nitrogens with zero attached hydrogens (tertiary/aromatic N) is 3. The SMILES string of the molecule is CC=CN(C)C(=O)C1=CC(c2ccccc2[N+](=O)[O-])C(C(=O)OC)=C(C(=O)N(C)C=CC)N1. The first-order valence-electron chi connectivity index (χ1n) is 10.0. The minimum atomic E-state index is -1.09. The van der Waals surface area contributed by atoms with E-state index in [-0.39, 0.29) is 28.2 Å². The zero-order valence-electron chi connectivity index (χ0n) is 19.1. The smallest absolute Gasteiger partial charge is 0.337 e. The van der Waals surface area contributed by atoms with Crippen LogP contribution in [0.2, 0.25) is 0 Å². The van der Waals surface area contributed by atoms with Gasteiger partial charge >= 0.3 is 5.97 Å². The molecule has 10 nitrogen and oxygen atoms in total. The number of likely N-dealkylation sites (N-methyl/N-ethyl adjacent to an activating group) is 2. The number of dihydropyridines is 1. The fourth-order valence-electron chi connectivity index (χ4n) is 3.39. The summed E-state index contributed by atoms with van der Waals surface area (Å²) in [5.74, 6) is -3.06. The number of esters is 1.